The Morgan fingerprint density at radius 3 is 2.65 bits per heavy atom. The molecule has 2 N–H and O–H groups in total. The first-order valence-corrected chi connectivity index (χ1v) is 6.30. The van der Waals surface area contributed by atoms with Crippen LogP contribution in [0.1, 0.15) is 11.1 Å². The Bertz CT molecular complexity index is 659. The van der Waals surface area contributed by atoms with Crippen LogP contribution in [0.3, 0.4) is 0 Å². The molecule has 6 heteroatoms. The van der Waals surface area contributed by atoms with Crippen molar-refractivity contribution in [1.82, 2.24) is 0 Å². The van der Waals surface area contributed by atoms with E-state index in [1.54, 1.807) is 30.3 Å². The third kappa shape index (κ3) is 3.07. The average Bonchev–Trinajstić information content (AvgIpc) is 2.38. The van der Waals surface area contributed by atoms with Crippen LogP contribution in [0.4, 0.5) is 5.69 Å². The van der Waals surface area contributed by atoms with E-state index in [-0.39, 0.29) is 18.0 Å². The summed E-state index contributed by atoms with van der Waals surface area (Å²) in [7, 11) is 0. The third-order valence-corrected chi connectivity index (χ3v) is 3.02. The summed E-state index contributed by atoms with van der Waals surface area (Å²) in [4.78, 5) is 10.5. The van der Waals surface area contributed by atoms with Crippen LogP contribution >= 0.6 is 11.6 Å². The van der Waals surface area contributed by atoms with E-state index in [0.717, 1.165) is 11.1 Å². The van der Waals surface area contributed by atoms with Gasteiger partial charge in [0.05, 0.1) is 4.92 Å². The van der Waals surface area contributed by atoms with Crippen LogP contribution in [0.2, 0.25) is 5.02 Å². The summed E-state index contributed by atoms with van der Waals surface area (Å²) >= 11 is 5.92. The Morgan fingerprint density at radius 1 is 1.25 bits per heavy atom. The molecule has 20 heavy (non-hydrogen) atoms. The molecular formula is C14H13ClN2O3. The second-order valence-corrected chi connectivity index (χ2v) is 4.72. The lowest BCUT2D eigenvalue weighted by Gasteiger charge is -2.11. The SMILES string of the molecule is Cc1ccc([N+](=O)[O-])c(Oc2cc(Cl)ccc2CN)c1. The van der Waals surface area contributed by atoms with Crippen molar-refractivity contribution in [3.8, 4) is 11.5 Å². The van der Waals surface area contributed by atoms with Gasteiger partial charge < -0.3 is 10.5 Å². The summed E-state index contributed by atoms with van der Waals surface area (Å²) in [5.41, 5.74) is 7.12. The van der Waals surface area contributed by atoms with Crippen molar-refractivity contribution in [2.75, 3.05) is 0 Å². The Kier molecular flexibility index (Phi) is 4.22. The Labute approximate surface area is 121 Å². The molecule has 2 aromatic rings. The van der Waals surface area contributed by atoms with Crippen LogP contribution in [-0.2, 0) is 6.54 Å². The zero-order chi connectivity index (χ0) is 14.7. The summed E-state index contributed by atoms with van der Waals surface area (Å²) in [5, 5.41) is 11.5. The second kappa shape index (κ2) is 5.90. The summed E-state index contributed by atoms with van der Waals surface area (Å²) < 4.78 is 5.65. The van der Waals surface area contributed by atoms with Gasteiger partial charge in [0.15, 0.2) is 0 Å². The number of nitro benzene ring substituents is 1. The minimum atomic E-state index is -0.485. The van der Waals surface area contributed by atoms with E-state index in [9.17, 15) is 10.1 Å². The highest BCUT2D eigenvalue weighted by Crippen LogP contribution is 2.34. The third-order valence-electron chi connectivity index (χ3n) is 2.78. The molecule has 0 spiro atoms. The van der Waals surface area contributed by atoms with Crippen molar-refractivity contribution >= 4 is 17.3 Å². The molecule has 0 saturated heterocycles. The van der Waals surface area contributed by atoms with Gasteiger partial charge in [0.1, 0.15) is 5.75 Å². The fourth-order valence-electron chi connectivity index (χ4n) is 1.76. The lowest BCUT2D eigenvalue weighted by atomic mass is 10.2. The number of rotatable bonds is 4. The predicted molar refractivity (Wildman–Crippen MR) is 77.3 cm³/mol. The number of nitrogens with zero attached hydrogens (tertiary/aromatic N) is 1. The maximum absolute atomic E-state index is 11.0. The minimum Gasteiger partial charge on any atom is -0.450 e. The Hall–Kier alpha value is -2.11. The van der Waals surface area contributed by atoms with Crippen molar-refractivity contribution in [3.63, 3.8) is 0 Å². The van der Waals surface area contributed by atoms with E-state index >= 15 is 0 Å². The normalized spacial score (nSPS) is 10.3. The first-order valence-electron chi connectivity index (χ1n) is 5.92. The van der Waals surface area contributed by atoms with E-state index in [2.05, 4.69) is 0 Å². The van der Waals surface area contributed by atoms with Crippen molar-refractivity contribution in [1.29, 1.82) is 0 Å². The van der Waals surface area contributed by atoms with Gasteiger partial charge in [-0.15, -0.1) is 0 Å². The maximum Gasteiger partial charge on any atom is 0.311 e. The number of hydrogen-bond acceptors (Lipinski definition) is 4. The first kappa shape index (κ1) is 14.3. The average molecular weight is 293 g/mol. The van der Waals surface area contributed by atoms with Crippen LogP contribution in [0.25, 0.3) is 0 Å². The molecule has 0 aliphatic heterocycles. The smallest absolute Gasteiger partial charge is 0.311 e. The molecule has 2 aromatic carbocycles. The van der Waals surface area contributed by atoms with Gasteiger partial charge in [-0.05, 0) is 30.7 Å². The number of ether oxygens (including phenoxy) is 1. The van der Waals surface area contributed by atoms with Crippen molar-refractivity contribution < 1.29 is 9.66 Å². The standard InChI is InChI=1S/C14H13ClN2O3/c1-9-2-5-12(17(18)19)14(6-9)20-13-7-11(15)4-3-10(13)8-16/h2-7H,8,16H2,1H3. The van der Waals surface area contributed by atoms with Crippen LogP contribution in [0.5, 0.6) is 11.5 Å². The van der Waals surface area contributed by atoms with Crippen molar-refractivity contribution in [3.05, 3.63) is 62.7 Å². The van der Waals surface area contributed by atoms with E-state index in [0.29, 0.717) is 10.8 Å². The van der Waals surface area contributed by atoms with E-state index in [4.69, 9.17) is 22.1 Å². The van der Waals surface area contributed by atoms with Gasteiger partial charge in [-0.3, -0.25) is 10.1 Å². The van der Waals surface area contributed by atoms with Gasteiger partial charge in [0.2, 0.25) is 5.75 Å². The summed E-state index contributed by atoms with van der Waals surface area (Å²) in [6, 6.07) is 9.71. The molecule has 0 bridgehead atoms. The monoisotopic (exact) mass is 292 g/mol. The first-order chi connectivity index (χ1) is 9.51. The lowest BCUT2D eigenvalue weighted by Crippen LogP contribution is -2.00. The topological polar surface area (TPSA) is 78.4 Å². The molecule has 0 aliphatic carbocycles. The number of benzene rings is 2. The van der Waals surface area contributed by atoms with E-state index in [1.165, 1.54) is 6.07 Å². The fraction of sp³-hybridized carbons (Fsp3) is 0.143. The van der Waals surface area contributed by atoms with Gasteiger partial charge in [-0.2, -0.15) is 0 Å². The molecule has 0 aromatic heterocycles. The maximum atomic E-state index is 11.0. The number of nitro groups is 1. The summed E-state index contributed by atoms with van der Waals surface area (Å²) in [6.07, 6.45) is 0. The summed E-state index contributed by atoms with van der Waals surface area (Å²) in [6.45, 7) is 2.09. The fourth-order valence-corrected chi connectivity index (χ4v) is 1.93. The molecule has 0 saturated carbocycles. The van der Waals surface area contributed by atoms with Crippen LogP contribution in [0.15, 0.2) is 36.4 Å². The number of halogens is 1. The zero-order valence-electron chi connectivity index (χ0n) is 10.8. The molecule has 0 fully saturated rings. The highest BCUT2D eigenvalue weighted by atomic mass is 35.5. The molecule has 2 rings (SSSR count). The predicted octanol–water partition coefficient (Wildman–Crippen LogP) is 3.81. The molecule has 0 unspecified atom stereocenters. The van der Waals surface area contributed by atoms with Gasteiger partial charge in [0.25, 0.3) is 0 Å². The highest BCUT2D eigenvalue weighted by Gasteiger charge is 2.17. The largest absolute Gasteiger partial charge is 0.450 e. The number of nitrogens with two attached hydrogens (primary N) is 1. The molecule has 5 nitrogen and oxygen atoms in total. The van der Waals surface area contributed by atoms with Gasteiger partial charge in [-0.1, -0.05) is 23.7 Å². The summed E-state index contributed by atoms with van der Waals surface area (Å²) in [5.74, 6) is 0.598. The highest BCUT2D eigenvalue weighted by molar-refractivity contribution is 6.30. The molecule has 0 heterocycles. The second-order valence-electron chi connectivity index (χ2n) is 4.29. The van der Waals surface area contributed by atoms with Gasteiger partial charge in [0, 0.05) is 23.2 Å². The van der Waals surface area contributed by atoms with Crippen LogP contribution in [0, 0.1) is 17.0 Å². The zero-order valence-corrected chi connectivity index (χ0v) is 11.6. The van der Waals surface area contributed by atoms with Gasteiger partial charge >= 0.3 is 5.69 Å². The molecule has 0 radical (unpaired) electrons. The van der Waals surface area contributed by atoms with E-state index < -0.39 is 4.92 Å². The van der Waals surface area contributed by atoms with Gasteiger partial charge in [-0.25, -0.2) is 0 Å². The molecule has 0 atom stereocenters. The molecule has 0 aliphatic rings. The van der Waals surface area contributed by atoms with Crippen molar-refractivity contribution in [2.45, 2.75) is 13.5 Å². The van der Waals surface area contributed by atoms with Crippen LogP contribution < -0.4 is 10.5 Å². The quantitative estimate of drug-likeness (QED) is 0.686. The Morgan fingerprint density at radius 2 is 2.00 bits per heavy atom. The molecular weight excluding hydrogens is 280 g/mol. The van der Waals surface area contributed by atoms with E-state index in [1.807, 2.05) is 6.92 Å². The lowest BCUT2D eigenvalue weighted by molar-refractivity contribution is -0.385. The Balaban J connectivity index is 2.46. The molecule has 104 valence electrons. The minimum absolute atomic E-state index is 0.0986. The number of hydrogen-bond donors (Lipinski definition) is 1. The molecule has 0 amide bonds. The van der Waals surface area contributed by atoms with Crippen LogP contribution in [-0.4, -0.2) is 4.92 Å². The number of aryl methyl sites for hydroxylation is 1. The van der Waals surface area contributed by atoms with Crippen molar-refractivity contribution in [2.24, 2.45) is 5.73 Å².